The molecule has 0 atom stereocenters. The molecule has 8 nitrogen and oxygen atoms in total. The van der Waals surface area contributed by atoms with Gasteiger partial charge in [-0.25, -0.2) is 4.39 Å². The summed E-state index contributed by atoms with van der Waals surface area (Å²) in [5.41, 5.74) is 9.80. The van der Waals surface area contributed by atoms with E-state index < -0.39 is 0 Å². The molecule has 0 aliphatic heterocycles. The van der Waals surface area contributed by atoms with E-state index >= 15 is 0 Å². The number of anilines is 1. The van der Waals surface area contributed by atoms with Gasteiger partial charge in [0, 0.05) is 15.6 Å². The second-order valence-corrected chi connectivity index (χ2v) is 6.08. The Morgan fingerprint density at radius 3 is 2.77 bits per heavy atom. The fourth-order valence-corrected chi connectivity index (χ4v) is 2.74. The first-order valence-electron chi connectivity index (χ1n) is 7.59. The van der Waals surface area contributed by atoms with E-state index in [0.29, 0.717) is 23.6 Å². The number of hydrogen-bond acceptors (Lipinski definition) is 7. The van der Waals surface area contributed by atoms with Gasteiger partial charge in [0.25, 0.3) is 5.95 Å². The number of aromatic nitrogens is 4. The molecule has 26 heavy (non-hydrogen) atoms. The molecular formula is C16H16BrFN6O2. The summed E-state index contributed by atoms with van der Waals surface area (Å²) in [4.78, 5) is 1.24. The van der Waals surface area contributed by atoms with Crippen molar-refractivity contribution in [2.24, 2.45) is 0 Å². The third kappa shape index (κ3) is 3.85. The highest BCUT2D eigenvalue weighted by atomic mass is 79.9. The quantitative estimate of drug-likeness (QED) is 0.602. The standard InChI is InChI=1S/C16H16BrFN6O2/c1-25-14-7-6-12(17)11(8-20-24-16(19)21-22-23-24)15(14)26-9-10-4-2-3-5-13(10)18/h2-7,20H,8-9H2,1H3,(H2,19,21,23). The van der Waals surface area contributed by atoms with Crippen molar-refractivity contribution in [3.05, 3.63) is 57.8 Å². The van der Waals surface area contributed by atoms with Crippen LogP contribution < -0.4 is 20.6 Å². The van der Waals surface area contributed by atoms with Crippen LogP contribution in [-0.4, -0.2) is 27.4 Å². The predicted molar refractivity (Wildman–Crippen MR) is 96.7 cm³/mol. The number of ether oxygens (including phenoxy) is 2. The fourth-order valence-electron chi connectivity index (χ4n) is 2.29. The molecule has 0 radical (unpaired) electrons. The fraction of sp³-hybridized carbons (Fsp3) is 0.188. The second-order valence-electron chi connectivity index (χ2n) is 5.22. The van der Waals surface area contributed by atoms with E-state index in [9.17, 15) is 4.39 Å². The Labute approximate surface area is 157 Å². The van der Waals surface area contributed by atoms with Gasteiger partial charge in [0.2, 0.25) is 0 Å². The summed E-state index contributed by atoms with van der Waals surface area (Å²) < 4.78 is 25.9. The van der Waals surface area contributed by atoms with Gasteiger partial charge in [-0.05, 0) is 28.6 Å². The first kappa shape index (κ1) is 17.9. The number of nitrogens with one attached hydrogen (secondary N) is 1. The number of halogens is 2. The van der Waals surface area contributed by atoms with E-state index in [1.165, 1.54) is 18.0 Å². The van der Waals surface area contributed by atoms with E-state index in [1.54, 1.807) is 24.3 Å². The predicted octanol–water partition coefficient (Wildman–Crippen LogP) is 2.49. The molecule has 0 saturated carbocycles. The SMILES string of the molecule is COc1ccc(Br)c(CNn2nnnc2N)c1OCc1ccccc1F. The van der Waals surface area contributed by atoms with E-state index in [1.807, 2.05) is 6.07 Å². The van der Waals surface area contributed by atoms with Crippen molar-refractivity contribution in [3.8, 4) is 11.5 Å². The Hall–Kier alpha value is -2.88. The Kier molecular flexibility index (Phi) is 5.52. The van der Waals surface area contributed by atoms with Crippen molar-refractivity contribution < 1.29 is 13.9 Å². The Morgan fingerprint density at radius 2 is 2.08 bits per heavy atom. The highest BCUT2D eigenvalue weighted by Crippen LogP contribution is 2.37. The molecule has 0 spiro atoms. The second kappa shape index (κ2) is 8.00. The molecule has 3 rings (SSSR count). The molecule has 1 aromatic heterocycles. The van der Waals surface area contributed by atoms with Crippen LogP contribution >= 0.6 is 15.9 Å². The van der Waals surface area contributed by atoms with Gasteiger partial charge in [-0.2, -0.15) is 0 Å². The first-order valence-corrected chi connectivity index (χ1v) is 8.38. The summed E-state index contributed by atoms with van der Waals surface area (Å²) in [6, 6.07) is 10.0. The number of hydrogen-bond donors (Lipinski definition) is 2. The van der Waals surface area contributed by atoms with Crippen molar-refractivity contribution >= 4 is 21.9 Å². The molecule has 10 heteroatoms. The Bertz CT molecular complexity index is 904. The van der Waals surface area contributed by atoms with Crippen molar-refractivity contribution in [1.82, 2.24) is 20.3 Å². The average Bonchev–Trinajstić information content (AvgIpc) is 3.05. The zero-order chi connectivity index (χ0) is 18.5. The summed E-state index contributed by atoms with van der Waals surface area (Å²) in [6.45, 7) is 0.346. The van der Waals surface area contributed by atoms with E-state index in [4.69, 9.17) is 15.2 Å². The zero-order valence-corrected chi connectivity index (χ0v) is 15.4. The molecule has 3 N–H and O–H groups in total. The van der Waals surface area contributed by atoms with Crippen LogP contribution in [0.5, 0.6) is 11.5 Å². The highest BCUT2D eigenvalue weighted by Gasteiger charge is 2.16. The molecule has 1 heterocycles. The maximum absolute atomic E-state index is 13.9. The third-order valence-corrected chi connectivity index (χ3v) is 4.36. The highest BCUT2D eigenvalue weighted by molar-refractivity contribution is 9.10. The van der Waals surface area contributed by atoms with E-state index in [0.717, 1.165) is 10.0 Å². The Balaban J connectivity index is 1.85. The summed E-state index contributed by atoms with van der Waals surface area (Å²) in [5.74, 6) is 0.788. The minimum Gasteiger partial charge on any atom is -0.493 e. The van der Waals surface area contributed by atoms with Crippen LogP contribution in [0.1, 0.15) is 11.1 Å². The monoisotopic (exact) mass is 422 g/mol. The number of nitrogens with two attached hydrogens (primary N) is 1. The smallest absolute Gasteiger partial charge is 0.260 e. The number of nitrogen functional groups attached to an aromatic ring is 1. The molecule has 2 aromatic carbocycles. The van der Waals surface area contributed by atoms with Gasteiger partial charge >= 0.3 is 0 Å². The largest absolute Gasteiger partial charge is 0.493 e. The van der Waals surface area contributed by atoms with Crippen molar-refractivity contribution in [2.45, 2.75) is 13.2 Å². The number of rotatable bonds is 7. The van der Waals surface area contributed by atoms with Gasteiger partial charge in [0.05, 0.1) is 13.7 Å². The molecule has 0 saturated heterocycles. The van der Waals surface area contributed by atoms with Crippen molar-refractivity contribution in [2.75, 3.05) is 18.3 Å². The topological polar surface area (TPSA) is 100 Å². The molecule has 0 bridgehead atoms. The lowest BCUT2D eigenvalue weighted by Gasteiger charge is -2.17. The lowest BCUT2D eigenvalue weighted by molar-refractivity contribution is 0.276. The van der Waals surface area contributed by atoms with Gasteiger partial charge in [-0.15, -0.1) is 4.79 Å². The van der Waals surface area contributed by atoms with Crippen LogP contribution in [0.3, 0.4) is 0 Å². The number of tetrazole rings is 1. The molecular weight excluding hydrogens is 407 g/mol. The zero-order valence-electron chi connectivity index (χ0n) is 13.8. The van der Waals surface area contributed by atoms with Crippen molar-refractivity contribution in [3.63, 3.8) is 0 Å². The van der Waals surface area contributed by atoms with Gasteiger partial charge < -0.3 is 20.6 Å². The van der Waals surface area contributed by atoms with Gasteiger partial charge in [0.15, 0.2) is 11.5 Å². The molecule has 0 unspecified atom stereocenters. The number of nitrogens with zero attached hydrogens (tertiary/aromatic N) is 4. The van der Waals surface area contributed by atoms with E-state index in [-0.39, 0.29) is 18.4 Å². The van der Waals surface area contributed by atoms with Crippen LogP contribution in [0.25, 0.3) is 0 Å². The lowest BCUT2D eigenvalue weighted by atomic mass is 10.1. The van der Waals surface area contributed by atoms with Crippen LogP contribution in [0.4, 0.5) is 10.3 Å². The van der Waals surface area contributed by atoms with E-state index in [2.05, 4.69) is 36.9 Å². The third-order valence-electron chi connectivity index (χ3n) is 3.62. The summed E-state index contributed by atoms with van der Waals surface area (Å²) in [5, 5.41) is 10.8. The van der Waals surface area contributed by atoms with Crippen molar-refractivity contribution in [1.29, 1.82) is 0 Å². The molecule has 3 aromatic rings. The normalized spacial score (nSPS) is 10.6. The summed E-state index contributed by atoms with van der Waals surface area (Å²) in [6.07, 6.45) is 0. The maximum Gasteiger partial charge on any atom is 0.260 e. The summed E-state index contributed by atoms with van der Waals surface area (Å²) in [7, 11) is 1.54. The number of methoxy groups -OCH3 is 1. The molecule has 0 amide bonds. The molecule has 0 aliphatic rings. The maximum atomic E-state index is 13.9. The molecule has 136 valence electrons. The Morgan fingerprint density at radius 1 is 1.27 bits per heavy atom. The van der Waals surface area contributed by atoms with Crippen LogP contribution in [0.15, 0.2) is 40.9 Å². The lowest BCUT2D eigenvalue weighted by Crippen LogP contribution is -2.19. The summed E-state index contributed by atoms with van der Waals surface area (Å²) >= 11 is 3.49. The van der Waals surface area contributed by atoms with Gasteiger partial charge in [-0.3, -0.25) is 0 Å². The molecule has 0 aliphatic carbocycles. The first-order chi connectivity index (χ1) is 12.6. The average molecular weight is 423 g/mol. The number of benzene rings is 2. The van der Waals surface area contributed by atoms with Crippen LogP contribution in [-0.2, 0) is 13.2 Å². The van der Waals surface area contributed by atoms with Gasteiger partial charge in [-0.1, -0.05) is 39.2 Å². The van der Waals surface area contributed by atoms with Crippen LogP contribution in [0.2, 0.25) is 0 Å². The van der Waals surface area contributed by atoms with Gasteiger partial charge in [0.1, 0.15) is 12.4 Å². The minimum absolute atomic E-state index is 0.0551. The molecule has 0 fully saturated rings. The minimum atomic E-state index is -0.331. The van der Waals surface area contributed by atoms with Crippen LogP contribution in [0, 0.1) is 5.82 Å².